The number of hydrogen-bond donors (Lipinski definition) is 1. The first-order chi connectivity index (χ1) is 15.7. The molecule has 4 rings (SSSR count). The van der Waals surface area contributed by atoms with Crippen molar-refractivity contribution in [3.8, 4) is 11.5 Å². The zero-order valence-electron chi connectivity index (χ0n) is 19.4. The topological polar surface area (TPSA) is 33.7 Å². The summed E-state index contributed by atoms with van der Waals surface area (Å²) in [6.45, 7) is 4.62. The zero-order chi connectivity index (χ0) is 22.2. The van der Waals surface area contributed by atoms with Gasteiger partial charge >= 0.3 is 0 Å². The van der Waals surface area contributed by atoms with Crippen LogP contribution in [0.3, 0.4) is 0 Å². The summed E-state index contributed by atoms with van der Waals surface area (Å²) in [5.74, 6) is 1.51. The van der Waals surface area contributed by atoms with Crippen LogP contribution in [-0.2, 0) is 19.7 Å². The molecule has 0 radical (unpaired) electrons. The molecule has 4 nitrogen and oxygen atoms in total. The van der Waals surface area contributed by atoms with Crippen LogP contribution in [0.15, 0.2) is 72.8 Å². The number of rotatable bonds is 9. The third-order valence-corrected chi connectivity index (χ3v) is 6.22. The van der Waals surface area contributed by atoms with Gasteiger partial charge in [0.15, 0.2) is 11.5 Å². The molecule has 34 heavy (non-hydrogen) atoms. The van der Waals surface area contributed by atoms with Crippen molar-refractivity contribution >= 4 is 36.4 Å². The highest BCUT2D eigenvalue weighted by Crippen LogP contribution is 2.29. The zero-order valence-corrected chi connectivity index (χ0v) is 21.8. The van der Waals surface area contributed by atoms with Gasteiger partial charge in [0.2, 0.25) is 0 Å². The van der Waals surface area contributed by atoms with E-state index in [9.17, 15) is 0 Å². The SMILES string of the molecule is COc1cc(CNC2CCN(Cc3ccccc3)CC2)ccc1OCc1ccc(Cl)cc1.Cl.Cl. The molecule has 184 valence electrons. The van der Waals surface area contributed by atoms with Crippen LogP contribution in [0.1, 0.15) is 29.5 Å². The standard InChI is InChI=1S/C27H31ClN2O2.2ClH/c1-31-27-17-23(9-12-26(27)32-20-22-7-10-24(28)11-8-22)18-29-25-13-15-30(16-14-25)19-21-5-3-2-4-6-21;;/h2-12,17,25,29H,13-16,18-20H2,1H3;2*1H. The molecule has 0 aliphatic carbocycles. The Labute approximate surface area is 220 Å². The Kier molecular flexibility index (Phi) is 12.0. The second-order valence-electron chi connectivity index (χ2n) is 8.32. The Morgan fingerprint density at radius 1 is 0.853 bits per heavy atom. The predicted octanol–water partition coefficient (Wildman–Crippen LogP) is 6.53. The highest BCUT2D eigenvalue weighted by atomic mass is 35.5. The van der Waals surface area contributed by atoms with E-state index in [0.29, 0.717) is 12.6 Å². The van der Waals surface area contributed by atoms with Crippen molar-refractivity contribution in [3.63, 3.8) is 0 Å². The average molecular weight is 524 g/mol. The van der Waals surface area contributed by atoms with Gasteiger partial charge in [-0.3, -0.25) is 4.90 Å². The monoisotopic (exact) mass is 522 g/mol. The number of methoxy groups -OCH3 is 1. The maximum absolute atomic E-state index is 5.97. The number of piperidine rings is 1. The van der Waals surface area contributed by atoms with Gasteiger partial charge in [-0.2, -0.15) is 0 Å². The molecule has 0 spiro atoms. The van der Waals surface area contributed by atoms with Gasteiger partial charge in [-0.25, -0.2) is 0 Å². The lowest BCUT2D eigenvalue weighted by Gasteiger charge is -2.32. The first-order valence-corrected chi connectivity index (χ1v) is 11.6. The number of likely N-dealkylation sites (tertiary alicyclic amines) is 1. The lowest BCUT2D eigenvalue weighted by molar-refractivity contribution is 0.190. The molecule has 1 aliphatic rings. The fourth-order valence-electron chi connectivity index (χ4n) is 4.08. The Morgan fingerprint density at radius 2 is 1.53 bits per heavy atom. The van der Waals surface area contributed by atoms with Crippen LogP contribution in [0.5, 0.6) is 11.5 Å². The van der Waals surface area contributed by atoms with Crippen LogP contribution in [0.4, 0.5) is 0 Å². The summed E-state index contributed by atoms with van der Waals surface area (Å²) < 4.78 is 11.5. The highest BCUT2D eigenvalue weighted by Gasteiger charge is 2.19. The Bertz CT molecular complexity index is 979. The second kappa shape index (κ2) is 14.4. The fourth-order valence-corrected chi connectivity index (χ4v) is 4.21. The van der Waals surface area contributed by atoms with E-state index >= 15 is 0 Å². The van der Waals surface area contributed by atoms with Crippen molar-refractivity contribution in [1.29, 1.82) is 0 Å². The fraction of sp³-hybridized carbons (Fsp3) is 0.333. The first kappa shape index (κ1) is 28.3. The van der Waals surface area contributed by atoms with Gasteiger partial charge in [-0.1, -0.05) is 60.1 Å². The molecule has 0 saturated carbocycles. The largest absolute Gasteiger partial charge is 0.493 e. The average Bonchev–Trinajstić information content (AvgIpc) is 2.84. The van der Waals surface area contributed by atoms with Crippen LogP contribution >= 0.6 is 36.4 Å². The van der Waals surface area contributed by atoms with Crippen LogP contribution in [0.25, 0.3) is 0 Å². The second-order valence-corrected chi connectivity index (χ2v) is 8.75. The highest BCUT2D eigenvalue weighted by molar-refractivity contribution is 6.30. The van der Waals surface area contributed by atoms with Gasteiger partial charge in [0.1, 0.15) is 6.61 Å². The molecule has 1 N–H and O–H groups in total. The lowest BCUT2D eigenvalue weighted by Crippen LogP contribution is -2.41. The smallest absolute Gasteiger partial charge is 0.161 e. The van der Waals surface area contributed by atoms with Crippen LogP contribution in [-0.4, -0.2) is 31.1 Å². The van der Waals surface area contributed by atoms with Crippen molar-refractivity contribution < 1.29 is 9.47 Å². The van der Waals surface area contributed by atoms with Crippen molar-refractivity contribution in [3.05, 3.63) is 94.5 Å². The number of nitrogens with one attached hydrogen (secondary N) is 1. The van der Waals surface area contributed by atoms with Gasteiger partial charge in [0.05, 0.1) is 7.11 Å². The van der Waals surface area contributed by atoms with Gasteiger partial charge in [-0.15, -0.1) is 24.8 Å². The molecule has 1 aliphatic heterocycles. The minimum Gasteiger partial charge on any atom is -0.493 e. The van der Waals surface area contributed by atoms with Gasteiger partial charge in [0.25, 0.3) is 0 Å². The molecule has 1 saturated heterocycles. The van der Waals surface area contributed by atoms with Crippen LogP contribution in [0.2, 0.25) is 5.02 Å². The first-order valence-electron chi connectivity index (χ1n) is 11.2. The number of halogens is 3. The van der Waals surface area contributed by atoms with Crippen LogP contribution < -0.4 is 14.8 Å². The van der Waals surface area contributed by atoms with Crippen molar-refractivity contribution in [2.24, 2.45) is 0 Å². The number of benzene rings is 3. The van der Waals surface area contributed by atoms with Crippen molar-refractivity contribution in [2.45, 2.75) is 38.6 Å². The van der Waals surface area contributed by atoms with E-state index in [1.807, 2.05) is 30.3 Å². The van der Waals surface area contributed by atoms with E-state index < -0.39 is 0 Å². The molecular weight excluding hydrogens is 491 g/mol. The quantitative estimate of drug-likeness (QED) is 0.346. The molecule has 0 unspecified atom stereocenters. The normalized spacial score (nSPS) is 14.1. The molecule has 0 amide bonds. The summed E-state index contributed by atoms with van der Waals surface area (Å²) in [7, 11) is 1.68. The molecule has 0 atom stereocenters. The predicted molar refractivity (Wildman–Crippen MR) is 145 cm³/mol. The molecule has 1 fully saturated rings. The van der Waals surface area contributed by atoms with Crippen molar-refractivity contribution in [2.75, 3.05) is 20.2 Å². The molecule has 1 heterocycles. The summed E-state index contributed by atoms with van der Waals surface area (Å²) >= 11 is 5.95. The molecule has 0 aromatic heterocycles. The van der Waals surface area contributed by atoms with E-state index in [2.05, 4.69) is 52.7 Å². The van der Waals surface area contributed by atoms with E-state index in [1.165, 1.54) is 24.0 Å². The maximum Gasteiger partial charge on any atom is 0.161 e. The Hall–Kier alpha value is -1.95. The maximum atomic E-state index is 5.97. The summed E-state index contributed by atoms with van der Waals surface area (Å²) in [4.78, 5) is 2.55. The third kappa shape index (κ3) is 8.37. The van der Waals surface area contributed by atoms with E-state index in [1.54, 1.807) is 7.11 Å². The Balaban J connectivity index is 0.00000204. The Morgan fingerprint density at radius 3 is 2.21 bits per heavy atom. The molecule has 7 heteroatoms. The molecule has 0 bridgehead atoms. The van der Waals surface area contributed by atoms with Gasteiger partial charge < -0.3 is 14.8 Å². The summed E-state index contributed by atoms with van der Waals surface area (Å²) in [6, 6.07) is 25.1. The van der Waals surface area contributed by atoms with E-state index in [4.69, 9.17) is 21.1 Å². The minimum atomic E-state index is 0. The number of hydrogen-bond acceptors (Lipinski definition) is 4. The van der Waals surface area contributed by atoms with E-state index in [-0.39, 0.29) is 24.8 Å². The van der Waals surface area contributed by atoms with Crippen molar-refractivity contribution in [1.82, 2.24) is 10.2 Å². The van der Waals surface area contributed by atoms with Crippen LogP contribution in [0, 0.1) is 0 Å². The summed E-state index contributed by atoms with van der Waals surface area (Å²) in [5.41, 5.74) is 3.66. The summed E-state index contributed by atoms with van der Waals surface area (Å²) in [6.07, 6.45) is 2.35. The minimum absolute atomic E-state index is 0. The number of nitrogens with zero attached hydrogens (tertiary/aromatic N) is 1. The molecule has 3 aromatic carbocycles. The molecular formula is C27H33Cl3N2O2. The summed E-state index contributed by atoms with van der Waals surface area (Å²) in [5, 5.41) is 4.45. The van der Waals surface area contributed by atoms with Gasteiger partial charge in [0, 0.05) is 24.2 Å². The lowest BCUT2D eigenvalue weighted by atomic mass is 10.0. The molecule has 3 aromatic rings. The van der Waals surface area contributed by atoms with Gasteiger partial charge in [-0.05, 0) is 66.9 Å². The van der Waals surface area contributed by atoms with E-state index in [0.717, 1.165) is 48.3 Å². The number of ether oxygens (including phenoxy) is 2. The third-order valence-electron chi connectivity index (χ3n) is 5.97.